The Hall–Kier alpha value is -2.38. The average Bonchev–Trinajstić information content (AvgIpc) is 3.04. The van der Waals surface area contributed by atoms with Crippen LogP contribution < -0.4 is 5.32 Å². The molecule has 1 aromatic rings. The van der Waals surface area contributed by atoms with Gasteiger partial charge in [-0.25, -0.2) is 0 Å². The predicted octanol–water partition coefficient (Wildman–Crippen LogP) is 1.40. The molecule has 1 aromatic heterocycles. The maximum absolute atomic E-state index is 12.2. The van der Waals surface area contributed by atoms with Gasteiger partial charge in [-0.3, -0.25) is 19.7 Å². The molecule has 2 rings (SSSR count). The molecule has 1 amide bonds. The van der Waals surface area contributed by atoms with E-state index in [2.05, 4.69) is 5.32 Å². The first-order valence-electron chi connectivity index (χ1n) is 6.80. The van der Waals surface area contributed by atoms with Crippen molar-refractivity contribution in [2.75, 3.05) is 0 Å². The van der Waals surface area contributed by atoms with Crippen molar-refractivity contribution >= 4 is 17.6 Å². The molecule has 1 fully saturated rings. The maximum Gasteiger partial charge on any atom is 0.306 e. The zero-order valence-corrected chi connectivity index (χ0v) is 11.6. The summed E-state index contributed by atoms with van der Waals surface area (Å²) in [5.41, 5.74) is 0.0970. The van der Waals surface area contributed by atoms with Crippen LogP contribution in [0.25, 0.3) is 0 Å². The van der Waals surface area contributed by atoms with Gasteiger partial charge in [-0.05, 0) is 26.2 Å². The molecule has 0 saturated heterocycles. The molecule has 8 heteroatoms. The first kappa shape index (κ1) is 15.0. The van der Waals surface area contributed by atoms with E-state index in [9.17, 15) is 19.7 Å². The van der Waals surface area contributed by atoms with Crippen molar-refractivity contribution in [3.63, 3.8) is 0 Å². The van der Waals surface area contributed by atoms with Crippen molar-refractivity contribution in [1.29, 1.82) is 0 Å². The van der Waals surface area contributed by atoms with Gasteiger partial charge in [0.15, 0.2) is 0 Å². The number of aromatic nitrogens is 1. The summed E-state index contributed by atoms with van der Waals surface area (Å²) in [7, 11) is 0. The highest BCUT2D eigenvalue weighted by molar-refractivity contribution is 5.93. The van der Waals surface area contributed by atoms with Gasteiger partial charge in [0.05, 0.1) is 17.0 Å². The van der Waals surface area contributed by atoms with Crippen LogP contribution in [0.15, 0.2) is 12.3 Å². The molecule has 0 spiro atoms. The third-order valence-electron chi connectivity index (χ3n) is 3.78. The number of aliphatic carboxylic acids is 1. The largest absolute Gasteiger partial charge is 0.481 e. The second kappa shape index (κ2) is 5.94. The van der Waals surface area contributed by atoms with Gasteiger partial charge in [-0.2, -0.15) is 0 Å². The number of nitro groups is 1. The monoisotopic (exact) mass is 295 g/mol. The Balaban J connectivity index is 2.07. The summed E-state index contributed by atoms with van der Waals surface area (Å²) in [5, 5.41) is 22.5. The van der Waals surface area contributed by atoms with Crippen molar-refractivity contribution in [2.24, 2.45) is 5.92 Å². The van der Waals surface area contributed by atoms with Gasteiger partial charge in [0, 0.05) is 18.7 Å². The number of amides is 1. The molecule has 1 aliphatic carbocycles. The number of carbonyl (C=O) groups is 2. The van der Waals surface area contributed by atoms with Crippen LogP contribution in [0.4, 0.5) is 5.69 Å². The van der Waals surface area contributed by atoms with Gasteiger partial charge < -0.3 is 15.0 Å². The van der Waals surface area contributed by atoms with Gasteiger partial charge in [-0.1, -0.05) is 0 Å². The highest BCUT2D eigenvalue weighted by Gasteiger charge is 2.31. The Morgan fingerprint density at radius 2 is 2.24 bits per heavy atom. The fourth-order valence-electron chi connectivity index (χ4n) is 2.64. The Morgan fingerprint density at radius 3 is 2.76 bits per heavy atom. The molecule has 2 N–H and O–H groups in total. The molecule has 21 heavy (non-hydrogen) atoms. The summed E-state index contributed by atoms with van der Waals surface area (Å²) in [6.07, 6.45) is 2.87. The first-order chi connectivity index (χ1) is 9.92. The van der Waals surface area contributed by atoms with Gasteiger partial charge in [0.1, 0.15) is 5.69 Å². The number of carbonyl (C=O) groups excluding carboxylic acids is 1. The van der Waals surface area contributed by atoms with Gasteiger partial charge in [0.2, 0.25) is 0 Å². The fraction of sp³-hybridized carbons (Fsp3) is 0.538. The van der Waals surface area contributed by atoms with E-state index in [1.165, 1.54) is 16.8 Å². The van der Waals surface area contributed by atoms with Crippen LogP contribution in [0.5, 0.6) is 0 Å². The van der Waals surface area contributed by atoms with E-state index < -0.39 is 22.7 Å². The topological polar surface area (TPSA) is 114 Å². The van der Waals surface area contributed by atoms with Crippen molar-refractivity contribution in [2.45, 2.75) is 38.8 Å². The number of hydrogen-bond acceptors (Lipinski definition) is 4. The number of rotatable bonds is 5. The Labute approximate surface area is 120 Å². The van der Waals surface area contributed by atoms with E-state index in [1.807, 2.05) is 0 Å². The van der Waals surface area contributed by atoms with Crippen LogP contribution in [-0.2, 0) is 11.3 Å². The predicted molar refractivity (Wildman–Crippen MR) is 73.0 cm³/mol. The molecule has 114 valence electrons. The lowest BCUT2D eigenvalue weighted by Gasteiger charge is -2.13. The molecule has 2 atom stereocenters. The molecule has 8 nitrogen and oxygen atoms in total. The smallest absolute Gasteiger partial charge is 0.306 e. The lowest BCUT2D eigenvalue weighted by Crippen LogP contribution is -2.34. The van der Waals surface area contributed by atoms with Crippen LogP contribution >= 0.6 is 0 Å². The average molecular weight is 295 g/mol. The number of nitrogens with one attached hydrogen (secondary N) is 1. The van der Waals surface area contributed by atoms with Crippen molar-refractivity contribution in [3.05, 3.63) is 28.1 Å². The molecule has 0 aliphatic heterocycles. The highest BCUT2D eigenvalue weighted by atomic mass is 16.6. The van der Waals surface area contributed by atoms with Crippen LogP contribution in [0.3, 0.4) is 0 Å². The van der Waals surface area contributed by atoms with Crippen molar-refractivity contribution in [3.8, 4) is 0 Å². The lowest BCUT2D eigenvalue weighted by molar-refractivity contribution is -0.384. The normalized spacial score (nSPS) is 21.2. The summed E-state index contributed by atoms with van der Waals surface area (Å²) >= 11 is 0. The molecule has 1 heterocycles. The van der Waals surface area contributed by atoms with Gasteiger partial charge in [0.25, 0.3) is 11.6 Å². The third kappa shape index (κ3) is 3.21. The Morgan fingerprint density at radius 1 is 1.52 bits per heavy atom. The summed E-state index contributed by atoms with van der Waals surface area (Å²) in [5.74, 6) is -1.68. The summed E-state index contributed by atoms with van der Waals surface area (Å²) in [6, 6.07) is 1.04. The molecule has 0 aromatic carbocycles. The SMILES string of the molecule is CCn1cc([N+](=O)[O-])cc1C(=O)NC1CCC(C(=O)O)C1. The van der Waals surface area contributed by atoms with E-state index in [0.717, 1.165) is 0 Å². The van der Waals surface area contributed by atoms with Crippen molar-refractivity contribution < 1.29 is 19.6 Å². The Bertz CT molecular complexity index is 580. The molecule has 1 saturated carbocycles. The zero-order chi connectivity index (χ0) is 15.6. The van der Waals surface area contributed by atoms with Crippen LogP contribution in [0.2, 0.25) is 0 Å². The molecular formula is C13H17N3O5. The standard InChI is InChI=1S/C13H17N3O5/c1-2-15-7-10(16(20)21)6-11(15)12(17)14-9-4-3-8(5-9)13(18)19/h6-9H,2-5H2,1H3,(H,14,17)(H,18,19). The molecule has 2 unspecified atom stereocenters. The minimum atomic E-state index is -0.848. The quantitative estimate of drug-likeness (QED) is 0.629. The second-order valence-corrected chi connectivity index (χ2v) is 5.15. The fourth-order valence-corrected chi connectivity index (χ4v) is 2.64. The molecule has 0 radical (unpaired) electrons. The second-order valence-electron chi connectivity index (χ2n) is 5.15. The van der Waals surface area contributed by atoms with Gasteiger partial charge >= 0.3 is 5.97 Å². The molecule has 0 bridgehead atoms. The summed E-state index contributed by atoms with van der Waals surface area (Å²) in [6.45, 7) is 2.23. The summed E-state index contributed by atoms with van der Waals surface area (Å²) < 4.78 is 1.51. The lowest BCUT2D eigenvalue weighted by atomic mass is 10.1. The minimum absolute atomic E-state index is 0.128. The van der Waals surface area contributed by atoms with E-state index in [1.54, 1.807) is 6.92 Å². The number of carboxylic acids is 1. The van der Waals surface area contributed by atoms with E-state index in [-0.39, 0.29) is 17.4 Å². The Kier molecular flexibility index (Phi) is 4.25. The van der Waals surface area contributed by atoms with Crippen LogP contribution in [0, 0.1) is 16.0 Å². The van der Waals surface area contributed by atoms with Gasteiger partial charge in [-0.15, -0.1) is 0 Å². The third-order valence-corrected chi connectivity index (χ3v) is 3.78. The summed E-state index contributed by atoms with van der Waals surface area (Å²) in [4.78, 5) is 33.3. The first-order valence-corrected chi connectivity index (χ1v) is 6.80. The van der Waals surface area contributed by atoms with E-state index >= 15 is 0 Å². The molecule has 1 aliphatic rings. The van der Waals surface area contributed by atoms with E-state index in [4.69, 9.17) is 5.11 Å². The molecular weight excluding hydrogens is 278 g/mol. The number of aryl methyl sites for hydroxylation is 1. The maximum atomic E-state index is 12.2. The van der Waals surface area contributed by atoms with Crippen LogP contribution in [0.1, 0.15) is 36.7 Å². The zero-order valence-electron chi connectivity index (χ0n) is 11.6. The number of hydrogen-bond donors (Lipinski definition) is 2. The minimum Gasteiger partial charge on any atom is -0.481 e. The number of carboxylic acid groups (broad SMARTS) is 1. The number of nitrogens with zero attached hydrogens (tertiary/aromatic N) is 2. The van der Waals surface area contributed by atoms with Crippen molar-refractivity contribution in [1.82, 2.24) is 9.88 Å². The van der Waals surface area contributed by atoms with Crippen LogP contribution in [-0.4, -0.2) is 32.5 Å². The van der Waals surface area contributed by atoms with E-state index in [0.29, 0.717) is 25.8 Å². The highest BCUT2D eigenvalue weighted by Crippen LogP contribution is 2.26.